The lowest BCUT2D eigenvalue weighted by molar-refractivity contribution is -0.150. The van der Waals surface area contributed by atoms with E-state index >= 15 is 0 Å². The molecular formula is C15H14N4O7S2. The number of nitrogens with one attached hydrogen (secondary N) is 1. The van der Waals surface area contributed by atoms with Gasteiger partial charge in [-0.2, -0.15) is 0 Å². The zero-order valence-corrected chi connectivity index (χ0v) is 16.0. The molecule has 0 aliphatic carbocycles. The van der Waals surface area contributed by atoms with E-state index < -0.39 is 41.0 Å². The molecule has 0 spiro atoms. The minimum absolute atomic E-state index is 0.126. The number of carbonyl (C=O) groups is 5. The van der Waals surface area contributed by atoms with Gasteiger partial charge in [-0.1, -0.05) is 0 Å². The molecule has 1 aromatic rings. The predicted molar refractivity (Wildman–Crippen MR) is 97.2 cm³/mol. The van der Waals surface area contributed by atoms with E-state index in [9.17, 15) is 29.1 Å². The van der Waals surface area contributed by atoms with E-state index in [1.807, 2.05) is 0 Å². The molecule has 2 amide bonds. The molecule has 148 valence electrons. The van der Waals surface area contributed by atoms with E-state index in [0.29, 0.717) is 0 Å². The van der Waals surface area contributed by atoms with Crippen LogP contribution in [0, 0.1) is 0 Å². The molecule has 1 fully saturated rings. The monoisotopic (exact) mass is 426 g/mol. The Morgan fingerprint density at radius 3 is 2.71 bits per heavy atom. The predicted octanol–water partition coefficient (Wildman–Crippen LogP) is -0.790. The Hall–Kier alpha value is -2.93. The molecule has 0 radical (unpaired) electrons. The summed E-state index contributed by atoms with van der Waals surface area (Å²) in [5, 5.41) is 12.5. The minimum atomic E-state index is -1.35. The Balaban J connectivity index is 1.73. The number of fused-ring (bicyclic) bond motifs is 1. The number of aliphatic carboxylic acids is 1. The molecule has 1 unspecified atom stereocenters. The first kappa shape index (κ1) is 19.8. The summed E-state index contributed by atoms with van der Waals surface area (Å²) in [5.74, 6) is -4.38. The Morgan fingerprint density at radius 1 is 1.43 bits per heavy atom. The molecule has 0 saturated carbocycles. The summed E-state index contributed by atoms with van der Waals surface area (Å²) in [6, 6.07) is -1.05. The number of anilines is 1. The molecule has 0 aromatic carbocycles. The largest absolute Gasteiger partial charge is 0.477 e. The number of ether oxygens (including phenoxy) is 1. The van der Waals surface area contributed by atoms with Gasteiger partial charge in [0.2, 0.25) is 0 Å². The number of carbonyl (C=O) groups excluding carboxylic acids is 4. The molecule has 13 heteroatoms. The zero-order chi connectivity index (χ0) is 20.6. The summed E-state index contributed by atoms with van der Waals surface area (Å²) < 4.78 is 4.84. The zero-order valence-electron chi connectivity index (χ0n) is 14.3. The number of Topliss-reactive ketones (excluding diaryl/α,β-unsaturated/α-hetero) is 1. The second kappa shape index (κ2) is 7.59. The van der Waals surface area contributed by atoms with E-state index in [2.05, 4.69) is 10.3 Å². The van der Waals surface area contributed by atoms with Crippen molar-refractivity contribution in [2.24, 2.45) is 0 Å². The third-order valence-corrected chi connectivity index (χ3v) is 5.96. The number of carboxylic acid groups (broad SMARTS) is 1. The van der Waals surface area contributed by atoms with Gasteiger partial charge < -0.3 is 20.9 Å². The first-order valence-corrected chi connectivity index (χ1v) is 9.73. The van der Waals surface area contributed by atoms with Crippen LogP contribution in [-0.2, 0) is 23.9 Å². The van der Waals surface area contributed by atoms with E-state index in [-0.39, 0.29) is 34.5 Å². The molecular weight excluding hydrogens is 412 g/mol. The van der Waals surface area contributed by atoms with Crippen LogP contribution in [0.1, 0.15) is 17.4 Å². The fourth-order valence-electron chi connectivity index (χ4n) is 2.70. The number of hydrogen-bond acceptors (Lipinski definition) is 10. The van der Waals surface area contributed by atoms with Crippen LogP contribution in [0.15, 0.2) is 16.7 Å². The van der Waals surface area contributed by atoms with Crippen LogP contribution in [0.2, 0.25) is 0 Å². The highest BCUT2D eigenvalue weighted by atomic mass is 32.2. The highest BCUT2D eigenvalue weighted by Gasteiger charge is 2.54. The van der Waals surface area contributed by atoms with E-state index in [1.54, 1.807) is 0 Å². The number of β-lactam (4-membered cyclic amide) rings is 1. The summed E-state index contributed by atoms with van der Waals surface area (Å²) in [6.45, 7) is 0.939. The Kier molecular flexibility index (Phi) is 5.38. The van der Waals surface area contributed by atoms with Crippen molar-refractivity contribution in [1.82, 2.24) is 15.2 Å². The van der Waals surface area contributed by atoms with Crippen molar-refractivity contribution in [3.8, 4) is 0 Å². The summed E-state index contributed by atoms with van der Waals surface area (Å²) in [5.41, 5.74) is 5.30. The maximum Gasteiger partial charge on any atom is 0.352 e. The van der Waals surface area contributed by atoms with E-state index in [0.717, 1.165) is 16.2 Å². The summed E-state index contributed by atoms with van der Waals surface area (Å²) in [7, 11) is 0. The number of thioether (sulfide) groups is 1. The van der Waals surface area contributed by atoms with Gasteiger partial charge in [0.15, 0.2) is 5.13 Å². The van der Waals surface area contributed by atoms with Gasteiger partial charge in [-0.3, -0.25) is 24.1 Å². The molecule has 1 saturated heterocycles. The van der Waals surface area contributed by atoms with Crippen molar-refractivity contribution in [2.45, 2.75) is 18.3 Å². The maximum absolute atomic E-state index is 12.4. The van der Waals surface area contributed by atoms with Crippen LogP contribution in [-0.4, -0.2) is 68.3 Å². The normalized spacial score (nSPS) is 20.9. The fourth-order valence-corrected chi connectivity index (χ4v) is 4.57. The molecule has 2 aliphatic rings. The minimum Gasteiger partial charge on any atom is -0.477 e. The molecule has 2 atom stereocenters. The lowest BCUT2D eigenvalue weighted by atomic mass is 10.0. The summed E-state index contributed by atoms with van der Waals surface area (Å²) in [6.07, 6.45) is 0. The summed E-state index contributed by atoms with van der Waals surface area (Å²) in [4.78, 5) is 64.0. The Bertz CT molecular complexity index is 925. The van der Waals surface area contributed by atoms with Gasteiger partial charge in [-0.15, -0.1) is 23.1 Å². The van der Waals surface area contributed by atoms with E-state index in [1.165, 1.54) is 24.1 Å². The number of nitrogens with zero attached hydrogens (tertiary/aromatic N) is 2. The second-order valence-corrected chi connectivity index (χ2v) is 7.79. The van der Waals surface area contributed by atoms with Crippen molar-refractivity contribution < 1.29 is 33.8 Å². The smallest absolute Gasteiger partial charge is 0.352 e. The lowest BCUT2D eigenvalue weighted by Crippen LogP contribution is -2.71. The first-order chi connectivity index (χ1) is 13.2. The Labute approximate surface area is 165 Å². The number of nitrogens with two attached hydrogens (primary N) is 1. The van der Waals surface area contributed by atoms with Gasteiger partial charge in [0.1, 0.15) is 29.4 Å². The van der Waals surface area contributed by atoms with Gasteiger partial charge in [0.25, 0.3) is 17.6 Å². The fraction of sp³-hybridized carbons (Fsp3) is 0.333. The van der Waals surface area contributed by atoms with Gasteiger partial charge in [-0.25, -0.2) is 9.78 Å². The van der Waals surface area contributed by atoms with Crippen molar-refractivity contribution >= 4 is 57.8 Å². The highest BCUT2D eigenvalue weighted by molar-refractivity contribution is 8.00. The van der Waals surface area contributed by atoms with Crippen LogP contribution in [0.3, 0.4) is 0 Å². The number of thiazole rings is 1. The molecule has 3 rings (SSSR count). The van der Waals surface area contributed by atoms with Gasteiger partial charge in [0, 0.05) is 23.6 Å². The van der Waals surface area contributed by atoms with Crippen LogP contribution in [0.25, 0.3) is 0 Å². The van der Waals surface area contributed by atoms with Crippen LogP contribution in [0.5, 0.6) is 0 Å². The van der Waals surface area contributed by atoms with E-state index in [4.69, 9.17) is 10.5 Å². The third kappa shape index (κ3) is 3.57. The molecule has 2 aliphatic heterocycles. The molecule has 28 heavy (non-hydrogen) atoms. The first-order valence-electron chi connectivity index (χ1n) is 7.80. The van der Waals surface area contributed by atoms with Gasteiger partial charge in [0.05, 0.1) is 0 Å². The van der Waals surface area contributed by atoms with Gasteiger partial charge in [-0.05, 0) is 0 Å². The van der Waals surface area contributed by atoms with Crippen molar-refractivity contribution in [2.75, 3.05) is 18.1 Å². The number of nitrogen functional groups attached to an aromatic ring is 1. The quantitative estimate of drug-likeness (QED) is 0.227. The van der Waals surface area contributed by atoms with Crippen molar-refractivity contribution in [3.05, 3.63) is 22.3 Å². The van der Waals surface area contributed by atoms with Gasteiger partial charge >= 0.3 is 11.9 Å². The topological polar surface area (TPSA) is 169 Å². The van der Waals surface area contributed by atoms with Crippen molar-refractivity contribution in [1.29, 1.82) is 0 Å². The number of rotatable bonds is 6. The van der Waals surface area contributed by atoms with Crippen LogP contribution in [0.4, 0.5) is 5.13 Å². The molecule has 4 N–H and O–H groups in total. The number of amides is 2. The SMILES string of the molecule is CC(=O)OCC1=C(C(=O)O)N2C(=O)C(NC(=O)C(=O)c3csc(N)n3)[C@@H]2SC1. The molecule has 1 aromatic heterocycles. The Morgan fingerprint density at radius 2 is 2.14 bits per heavy atom. The van der Waals surface area contributed by atoms with Crippen LogP contribution < -0.4 is 11.1 Å². The average molecular weight is 426 g/mol. The lowest BCUT2D eigenvalue weighted by Gasteiger charge is -2.49. The standard InChI is InChI=1S/C15H14N4O7S2/c1-5(20)26-2-6-3-27-13-8(12(23)19(13)9(6)14(24)25)18-11(22)10(21)7-4-28-15(16)17-7/h4,8,13H,2-3H2,1H3,(H2,16,17)(H,18,22)(H,24,25)/t8?,13-/m0/s1. The number of ketones is 1. The molecule has 11 nitrogen and oxygen atoms in total. The number of esters is 1. The molecule has 0 bridgehead atoms. The molecule has 3 heterocycles. The number of hydrogen-bond donors (Lipinski definition) is 3. The number of aromatic nitrogens is 1. The second-order valence-electron chi connectivity index (χ2n) is 5.80. The van der Waals surface area contributed by atoms with Crippen LogP contribution >= 0.6 is 23.1 Å². The average Bonchev–Trinajstić information content (AvgIpc) is 3.08. The highest BCUT2D eigenvalue weighted by Crippen LogP contribution is 2.40. The van der Waals surface area contributed by atoms with Crippen molar-refractivity contribution in [3.63, 3.8) is 0 Å². The summed E-state index contributed by atoms with van der Waals surface area (Å²) >= 11 is 2.19. The number of carboxylic acids is 1. The third-order valence-electron chi connectivity index (χ3n) is 3.95. The maximum atomic E-state index is 12.4.